The molecule has 0 aromatic heterocycles. The third kappa shape index (κ3) is 4.74. The first-order valence-corrected chi connectivity index (χ1v) is 10.6. The van der Waals surface area contributed by atoms with Crippen molar-refractivity contribution in [1.82, 2.24) is 5.48 Å². The van der Waals surface area contributed by atoms with Crippen LogP contribution in [0.15, 0.2) is 0 Å². The molecule has 1 aliphatic heterocycles. The number of hydrogen-bond acceptors (Lipinski definition) is 7. The Balaban J connectivity index is 2.10. The number of carbonyl (C=O) groups is 2. The number of hydrogen-bond donors (Lipinski definition) is 1. The molecule has 1 aliphatic carbocycles. The van der Waals surface area contributed by atoms with E-state index in [1.807, 2.05) is 20.8 Å². The van der Waals surface area contributed by atoms with Crippen LogP contribution < -0.4 is 5.48 Å². The highest BCUT2D eigenvalue weighted by atomic mass is 16.7. The number of carbonyl (C=O) groups excluding carboxylic acids is 2. The first kappa shape index (κ1) is 24.4. The molecule has 2 rings (SSSR count). The van der Waals surface area contributed by atoms with E-state index in [0.717, 1.165) is 12.7 Å². The van der Waals surface area contributed by atoms with E-state index < -0.39 is 22.5 Å². The molecule has 7 heteroatoms. The van der Waals surface area contributed by atoms with E-state index >= 15 is 0 Å². The average molecular weight is 414 g/mol. The summed E-state index contributed by atoms with van der Waals surface area (Å²) in [7, 11) is 1.56. The van der Waals surface area contributed by atoms with Gasteiger partial charge in [0.15, 0.2) is 5.78 Å². The molecule has 7 nitrogen and oxygen atoms in total. The van der Waals surface area contributed by atoms with Crippen molar-refractivity contribution in [3.05, 3.63) is 0 Å². The predicted octanol–water partition coefficient (Wildman–Crippen LogP) is 2.70. The van der Waals surface area contributed by atoms with Gasteiger partial charge in [0, 0.05) is 12.5 Å². The fourth-order valence-corrected chi connectivity index (χ4v) is 4.80. The Bertz CT molecular complexity index is 590. The molecule has 0 bridgehead atoms. The van der Waals surface area contributed by atoms with Crippen molar-refractivity contribution >= 4 is 12.1 Å². The third-order valence-corrected chi connectivity index (χ3v) is 7.22. The Morgan fingerprint density at radius 1 is 1.21 bits per heavy atom. The van der Waals surface area contributed by atoms with Gasteiger partial charge in [0.05, 0.1) is 25.4 Å². The van der Waals surface area contributed by atoms with E-state index in [1.54, 1.807) is 21.0 Å². The van der Waals surface area contributed by atoms with Crippen LogP contribution in [0.5, 0.6) is 0 Å². The lowest BCUT2D eigenvalue weighted by molar-refractivity contribution is -0.155. The summed E-state index contributed by atoms with van der Waals surface area (Å²) in [4.78, 5) is 31.1. The summed E-state index contributed by atoms with van der Waals surface area (Å²) in [6.45, 7) is 14.6. The van der Waals surface area contributed by atoms with Crippen molar-refractivity contribution in [2.24, 2.45) is 16.7 Å². The van der Waals surface area contributed by atoms with Crippen LogP contribution in [0.1, 0.15) is 61.3 Å². The first-order chi connectivity index (χ1) is 13.4. The predicted molar refractivity (Wildman–Crippen MR) is 109 cm³/mol. The van der Waals surface area contributed by atoms with E-state index in [1.165, 1.54) is 0 Å². The van der Waals surface area contributed by atoms with Crippen LogP contribution >= 0.6 is 0 Å². The monoisotopic (exact) mass is 413 g/mol. The molecule has 168 valence electrons. The summed E-state index contributed by atoms with van der Waals surface area (Å²) in [6.07, 6.45) is 1.97. The smallest absolute Gasteiger partial charge is 0.170 e. The number of aldehydes is 1. The van der Waals surface area contributed by atoms with E-state index in [9.17, 15) is 9.59 Å². The minimum Gasteiger partial charge on any atom is -0.376 e. The molecule has 1 saturated heterocycles. The average Bonchev–Trinajstić information content (AvgIpc) is 3.18. The minimum atomic E-state index is -0.871. The lowest BCUT2D eigenvalue weighted by Gasteiger charge is -2.45. The molecule has 1 heterocycles. The van der Waals surface area contributed by atoms with Gasteiger partial charge in [-0.3, -0.25) is 9.63 Å². The van der Waals surface area contributed by atoms with Gasteiger partial charge >= 0.3 is 0 Å². The van der Waals surface area contributed by atoms with Crippen molar-refractivity contribution in [1.29, 1.82) is 0 Å². The largest absolute Gasteiger partial charge is 0.376 e. The molecule has 0 aromatic carbocycles. The van der Waals surface area contributed by atoms with Gasteiger partial charge in [-0.15, -0.1) is 0 Å². The molecule has 0 radical (unpaired) electrons. The van der Waals surface area contributed by atoms with Crippen LogP contribution in [0.2, 0.25) is 0 Å². The van der Waals surface area contributed by atoms with Crippen LogP contribution in [0, 0.1) is 16.7 Å². The van der Waals surface area contributed by atoms with Gasteiger partial charge in [-0.2, -0.15) is 5.48 Å². The molecule has 0 aromatic rings. The zero-order valence-corrected chi connectivity index (χ0v) is 19.2. The number of methoxy groups -OCH3 is 1. The fourth-order valence-electron chi connectivity index (χ4n) is 4.80. The Hall–Kier alpha value is -0.860. The van der Waals surface area contributed by atoms with E-state index in [0.29, 0.717) is 19.6 Å². The van der Waals surface area contributed by atoms with Crippen molar-refractivity contribution in [3.8, 4) is 0 Å². The van der Waals surface area contributed by atoms with Crippen molar-refractivity contribution in [2.45, 2.75) is 91.3 Å². The van der Waals surface area contributed by atoms with Crippen LogP contribution in [-0.4, -0.2) is 62.3 Å². The summed E-state index contributed by atoms with van der Waals surface area (Å²) in [5.74, 6) is 0.0218. The lowest BCUT2D eigenvalue weighted by Crippen LogP contribution is -2.53. The van der Waals surface area contributed by atoms with Crippen molar-refractivity contribution < 1.29 is 28.6 Å². The maximum Gasteiger partial charge on any atom is 0.170 e. The number of Topliss-reactive ketones (excluding diaryl/α,β-unsaturated/α-hetero) is 1. The van der Waals surface area contributed by atoms with E-state index in [2.05, 4.69) is 19.3 Å². The van der Waals surface area contributed by atoms with Gasteiger partial charge in [0.1, 0.15) is 24.1 Å². The quantitative estimate of drug-likeness (QED) is 0.435. The molecule has 5 atom stereocenters. The Morgan fingerprint density at radius 2 is 1.83 bits per heavy atom. The number of ether oxygens (including phenoxy) is 3. The molecule has 29 heavy (non-hydrogen) atoms. The summed E-state index contributed by atoms with van der Waals surface area (Å²) in [5, 5.41) is 0. The second-order valence-corrected chi connectivity index (χ2v) is 9.94. The van der Waals surface area contributed by atoms with Crippen LogP contribution in [0.3, 0.4) is 0 Å². The second kappa shape index (κ2) is 9.10. The maximum atomic E-state index is 13.3. The van der Waals surface area contributed by atoms with Gasteiger partial charge in [-0.05, 0) is 51.9 Å². The van der Waals surface area contributed by atoms with E-state index in [-0.39, 0.29) is 30.0 Å². The molecule has 1 unspecified atom stereocenters. The summed E-state index contributed by atoms with van der Waals surface area (Å²) >= 11 is 0. The first-order valence-electron chi connectivity index (χ1n) is 10.6. The second-order valence-electron chi connectivity index (χ2n) is 9.94. The van der Waals surface area contributed by atoms with Gasteiger partial charge in [0.25, 0.3) is 0 Å². The Morgan fingerprint density at radius 3 is 2.38 bits per heavy atom. The third-order valence-electron chi connectivity index (χ3n) is 7.22. The fraction of sp³-hybridized carbons (Fsp3) is 0.909. The molecule has 0 amide bonds. The molecule has 2 fully saturated rings. The molecule has 0 spiro atoms. The minimum absolute atomic E-state index is 0.0478. The molecular weight excluding hydrogens is 374 g/mol. The molecule has 1 saturated carbocycles. The van der Waals surface area contributed by atoms with E-state index in [4.69, 9.17) is 19.0 Å². The van der Waals surface area contributed by atoms with Gasteiger partial charge < -0.3 is 19.0 Å². The lowest BCUT2D eigenvalue weighted by atomic mass is 9.60. The molecule has 1 N–H and O–H groups in total. The van der Waals surface area contributed by atoms with Gasteiger partial charge in [-0.1, -0.05) is 20.8 Å². The zero-order chi connectivity index (χ0) is 22.0. The number of ketones is 1. The Kier molecular flexibility index (Phi) is 7.66. The SMILES string of the molecule is COC(C)(C)C(=O)[C@]1(C)CCC([C@@H](C=O)NO[C@H]2COC[C@H]2OC(C)C)C1(C)C. The van der Waals surface area contributed by atoms with Crippen LogP contribution in [0.4, 0.5) is 0 Å². The molecular formula is C22H39NO6. The summed E-state index contributed by atoms with van der Waals surface area (Å²) < 4.78 is 16.8. The van der Waals surface area contributed by atoms with Gasteiger partial charge in [-0.25, -0.2) is 0 Å². The number of nitrogens with one attached hydrogen (secondary N) is 1. The highest BCUT2D eigenvalue weighted by molar-refractivity contribution is 5.92. The summed E-state index contributed by atoms with van der Waals surface area (Å²) in [6, 6.07) is -0.523. The Labute approximate surface area is 175 Å². The van der Waals surface area contributed by atoms with Crippen molar-refractivity contribution in [2.75, 3.05) is 20.3 Å². The van der Waals surface area contributed by atoms with Gasteiger partial charge in [0.2, 0.25) is 0 Å². The normalized spacial score (nSPS) is 33.2. The van der Waals surface area contributed by atoms with Crippen LogP contribution in [0.25, 0.3) is 0 Å². The van der Waals surface area contributed by atoms with Crippen LogP contribution in [-0.2, 0) is 28.6 Å². The maximum absolute atomic E-state index is 13.3. The topological polar surface area (TPSA) is 83.1 Å². The standard InChI is InChI=1S/C22H39NO6/c1-14(2)28-17-12-27-13-18(17)29-23-16(11-24)15-9-10-22(7,20(15,3)4)19(25)21(5,6)26-8/h11,14-18,23H,9-10,12-13H2,1-8H3/t15?,16-,17-,18+,22+/m1/s1. The molecule has 2 aliphatic rings. The number of rotatable bonds is 10. The highest BCUT2D eigenvalue weighted by Gasteiger charge is 2.60. The van der Waals surface area contributed by atoms with Crippen molar-refractivity contribution in [3.63, 3.8) is 0 Å². The highest BCUT2D eigenvalue weighted by Crippen LogP contribution is 2.58. The number of hydroxylamine groups is 1. The summed E-state index contributed by atoms with van der Waals surface area (Å²) in [5.41, 5.74) is 1.09. The zero-order valence-electron chi connectivity index (χ0n) is 19.2.